The van der Waals surface area contributed by atoms with Gasteiger partial charge in [-0.15, -0.1) is 11.3 Å². The maximum Gasteiger partial charge on any atom is 0.185 e. The van der Waals surface area contributed by atoms with Crippen LogP contribution in [0.15, 0.2) is 29.6 Å². The molecule has 0 amide bonds. The summed E-state index contributed by atoms with van der Waals surface area (Å²) in [4.78, 5) is 9.63. The fraction of sp³-hybridized carbons (Fsp3) is 0.550. The molecule has 0 aliphatic carbocycles. The summed E-state index contributed by atoms with van der Waals surface area (Å²) >= 11 is 1.74. The Bertz CT molecular complexity index is 667. The first-order valence-electron chi connectivity index (χ1n) is 9.09. The fourth-order valence-corrected chi connectivity index (χ4v) is 3.86. The van der Waals surface area contributed by atoms with Gasteiger partial charge in [0.25, 0.3) is 0 Å². The van der Waals surface area contributed by atoms with E-state index in [-0.39, 0.29) is 5.41 Å². The third-order valence-electron chi connectivity index (χ3n) is 4.66. The second-order valence-corrected chi connectivity index (χ2v) is 8.41. The molecule has 0 unspecified atom stereocenters. The summed E-state index contributed by atoms with van der Waals surface area (Å²) in [7, 11) is 0. The lowest BCUT2D eigenvalue weighted by Crippen LogP contribution is -2.47. The standard InChI is InChI=1S/C20H29N3OS/c1-5-24-15-22-10-12-23(13-11-22)19-21-18(14-25-19)16-6-8-17(9-7-16)20(2,3)4/h6-9,14H,5,10-13,15H2,1-4H3. The summed E-state index contributed by atoms with van der Waals surface area (Å²) in [6.45, 7) is 14.4. The van der Waals surface area contributed by atoms with Crippen molar-refractivity contribution in [3.8, 4) is 11.3 Å². The van der Waals surface area contributed by atoms with Crippen LogP contribution in [0.25, 0.3) is 11.3 Å². The van der Waals surface area contributed by atoms with E-state index in [0.29, 0.717) is 0 Å². The van der Waals surface area contributed by atoms with E-state index in [9.17, 15) is 0 Å². The van der Waals surface area contributed by atoms with E-state index in [1.54, 1.807) is 11.3 Å². The van der Waals surface area contributed by atoms with E-state index in [0.717, 1.165) is 50.3 Å². The molecule has 136 valence electrons. The third-order valence-corrected chi connectivity index (χ3v) is 5.56. The highest BCUT2D eigenvalue weighted by Crippen LogP contribution is 2.30. The molecule has 1 saturated heterocycles. The van der Waals surface area contributed by atoms with E-state index in [1.807, 2.05) is 6.92 Å². The minimum Gasteiger partial charge on any atom is -0.366 e. The van der Waals surface area contributed by atoms with Gasteiger partial charge < -0.3 is 9.64 Å². The topological polar surface area (TPSA) is 28.6 Å². The first kappa shape index (κ1) is 18.4. The SMILES string of the molecule is CCOCN1CCN(c2nc(-c3ccc(C(C)(C)C)cc3)cs2)CC1. The molecule has 0 saturated carbocycles. The Morgan fingerprint density at radius 2 is 1.76 bits per heavy atom. The minimum atomic E-state index is 0.187. The number of piperazine rings is 1. The summed E-state index contributed by atoms with van der Waals surface area (Å²) in [5.74, 6) is 0. The number of aromatic nitrogens is 1. The van der Waals surface area contributed by atoms with Crippen LogP contribution in [-0.4, -0.2) is 49.4 Å². The second-order valence-electron chi connectivity index (χ2n) is 7.57. The minimum absolute atomic E-state index is 0.187. The molecule has 0 bridgehead atoms. The van der Waals surface area contributed by atoms with Crippen LogP contribution >= 0.6 is 11.3 Å². The fourth-order valence-electron chi connectivity index (χ4n) is 2.97. The quantitative estimate of drug-likeness (QED) is 0.799. The lowest BCUT2D eigenvalue weighted by molar-refractivity contribution is 0.0326. The molecule has 4 nitrogen and oxygen atoms in total. The molecule has 0 atom stereocenters. The van der Waals surface area contributed by atoms with Crippen molar-refractivity contribution in [2.24, 2.45) is 0 Å². The Morgan fingerprint density at radius 3 is 2.36 bits per heavy atom. The van der Waals surface area contributed by atoms with Crippen molar-refractivity contribution >= 4 is 16.5 Å². The Kier molecular flexibility index (Phi) is 5.77. The number of benzene rings is 1. The van der Waals surface area contributed by atoms with Crippen molar-refractivity contribution in [2.75, 3.05) is 44.4 Å². The number of thiazole rings is 1. The summed E-state index contributed by atoms with van der Waals surface area (Å²) in [6.07, 6.45) is 0. The number of hydrogen-bond donors (Lipinski definition) is 0. The normalized spacial score (nSPS) is 16.4. The molecule has 1 aromatic carbocycles. The molecule has 1 aliphatic rings. The van der Waals surface area contributed by atoms with E-state index < -0.39 is 0 Å². The van der Waals surface area contributed by atoms with E-state index in [4.69, 9.17) is 9.72 Å². The molecule has 0 radical (unpaired) electrons. The maximum atomic E-state index is 5.50. The van der Waals surface area contributed by atoms with Crippen LogP contribution in [0.4, 0.5) is 5.13 Å². The highest BCUT2D eigenvalue weighted by molar-refractivity contribution is 7.14. The Labute approximate surface area is 155 Å². The van der Waals surface area contributed by atoms with Gasteiger partial charge >= 0.3 is 0 Å². The zero-order chi connectivity index (χ0) is 17.9. The van der Waals surface area contributed by atoms with Crippen molar-refractivity contribution in [3.63, 3.8) is 0 Å². The van der Waals surface area contributed by atoms with Crippen molar-refractivity contribution in [1.82, 2.24) is 9.88 Å². The van der Waals surface area contributed by atoms with Crippen LogP contribution in [0.2, 0.25) is 0 Å². The highest BCUT2D eigenvalue weighted by atomic mass is 32.1. The van der Waals surface area contributed by atoms with Crippen LogP contribution in [0.1, 0.15) is 33.3 Å². The van der Waals surface area contributed by atoms with Crippen molar-refractivity contribution < 1.29 is 4.74 Å². The van der Waals surface area contributed by atoms with Crippen LogP contribution in [0.5, 0.6) is 0 Å². The van der Waals surface area contributed by atoms with Gasteiger partial charge in [0.15, 0.2) is 5.13 Å². The van der Waals surface area contributed by atoms with Gasteiger partial charge in [-0.3, -0.25) is 4.90 Å². The molecule has 1 fully saturated rings. The number of anilines is 1. The van der Waals surface area contributed by atoms with Gasteiger partial charge in [-0.2, -0.15) is 0 Å². The van der Waals surface area contributed by atoms with Gasteiger partial charge in [0.1, 0.15) is 0 Å². The first-order chi connectivity index (χ1) is 12.0. The van der Waals surface area contributed by atoms with Gasteiger partial charge in [-0.25, -0.2) is 4.98 Å². The Hall–Kier alpha value is -1.43. The average molecular weight is 360 g/mol. The molecular weight excluding hydrogens is 330 g/mol. The second kappa shape index (κ2) is 7.85. The van der Waals surface area contributed by atoms with Gasteiger partial charge in [0.2, 0.25) is 0 Å². The monoisotopic (exact) mass is 359 g/mol. The third kappa shape index (κ3) is 4.60. The molecule has 2 heterocycles. The van der Waals surface area contributed by atoms with Crippen LogP contribution < -0.4 is 4.90 Å². The zero-order valence-electron chi connectivity index (χ0n) is 15.8. The first-order valence-corrected chi connectivity index (χ1v) is 9.97. The number of ether oxygens (including phenoxy) is 1. The van der Waals surface area contributed by atoms with Gasteiger partial charge in [-0.05, 0) is 17.9 Å². The zero-order valence-corrected chi connectivity index (χ0v) is 16.6. The lowest BCUT2D eigenvalue weighted by Gasteiger charge is -2.34. The lowest BCUT2D eigenvalue weighted by atomic mass is 9.86. The Balaban J connectivity index is 1.63. The van der Waals surface area contributed by atoms with Crippen LogP contribution in [0.3, 0.4) is 0 Å². The summed E-state index contributed by atoms with van der Waals surface area (Å²) in [6, 6.07) is 8.83. The highest BCUT2D eigenvalue weighted by Gasteiger charge is 2.20. The summed E-state index contributed by atoms with van der Waals surface area (Å²) < 4.78 is 5.50. The molecule has 5 heteroatoms. The predicted molar refractivity (Wildman–Crippen MR) is 107 cm³/mol. The van der Waals surface area contributed by atoms with Gasteiger partial charge in [0.05, 0.1) is 12.4 Å². The van der Waals surface area contributed by atoms with E-state index in [2.05, 4.69) is 60.2 Å². The number of hydrogen-bond acceptors (Lipinski definition) is 5. The number of rotatable bonds is 5. The van der Waals surface area contributed by atoms with Crippen molar-refractivity contribution in [2.45, 2.75) is 33.1 Å². The summed E-state index contributed by atoms with van der Waals surface area (Å²) in [5.41, 5.74) is 3.83. The van der Waals surface area contributed by atoms with E-state index >= 15 is 0 Å². The molecule has 2 aromatic rings. The van der Waals surface area contributed by atoms with Crippen LogP contribution in [0, 0.1) is 0 Å². The average Bonchev–Trinajstić information content (AvgIpc) is 3.10. The molecular formula is C20H29N3OS. The predicted octanol–water partition coefficient (Wildman–Crippen LogP) is 4.22. The molecule has 0 spiro atoms. The Morgan fingerprint density at radius 1 is 1.08 bits per heavy atom. The smallest absolute Gasteiger partial charge is 0.185 e. The maximum absolute atomic E-state index is 5.50. The molecule has 1 aliphatic heterocycles. The molecule has 1 aromatic heterocycles. The van der Waals surface area contributed by atoms with Crippen molar-refractivity contribution in [3.05, 3.63) is 35.2 Å². The van der Waals surface area contributed by atoms with Crippen molar-refractivity contribution in [1.29, 1.82) is 0 Å². The van der Waals surface area contributed by atoms with Gasteiger partial charge in [-0.1, -0.05) is 45.0 Å². The van der Waals surface area contributed by atoms with Gasteiger partial charge in [0, 0.05) is 43.7 Å². The summed E-state index contributed by atoms with van der Waals surface area (Å²) in [5, 5.41) is 3.31. The van der Waals surface area contributed by atoms with Crippen LogP contribution in [-0.2, 0) is 10.2 Å². The number of nitrogens with zero attached hydrogens (tertiary/aromatic N) is 3. The molecule has 25 heavy (non-hydrogen) atoms. The largest absolute Gasteiger partial charge is 0.366 e. The molecule has 0 N–H and O–H groups in total. The molecule has 3 rings (SSSR count). The van der Waals surface area contributed by atoms with E-state index in [1.165, 1.54) is 11.1 Å².